The molecule has 0 aliphatic carbocycles. The Balaban J connectivity index is 0.00000288. The molecule has 0 unspecified atom stereocenters. The number of methoxy groups -OCH3 is 2. The van der Waals surface area contributed by atoms with E-state index in [0.717, 1.165) is 26.2 Å². The predicted molar refractivity (Wildman–Crippen MR) is 94.8 cm³/mol. The number of ether oxygens (including phenoxy) is 2. The number of aliphatic hydroxyl groups is 1. The van der Waals surface area contributed by atoms with Gasteiger partial charge in [0.15, 0.2) is 11.5 Å². The van der Waals surface area contributed by atoms with Crippen LogP contribution in [0.1, 0.15) is 25.5 Å². The molecule has 0 aromatic heterocycles. The summed E-state index contributed by atoms with van der Waals surface area (Å²) in [6.45, 7) is 7.20. The maximum Gasteiger partial charge on any atom is 0.163 e. The molecule has 138 valence electrons. The Morgan fingerprint density at radius 2 is 1.75 bits per heavy atom. The second-order valence-electron chi connectivity index (χ2n) is 6.56. The molecule has 1 atom stereocenters. The number of hydrogen-bond acceptors (Lipinski definition) is 5. The van der Waals surface area contributed by atoms with Gasteiger partial charge in [-0.1, -0.05) is 13.8 Å². The van der Waals surface area contributed by atoms with Crippen LogP contribution in [0.2, 0.25) is 0 Å². The van der Waals surface area contributed by atoms with Gasteiger partial charge in [0, 0.05) is 55.9 Å². The highest BCUT2D eigenvalue weighted by atomic mass is 35.5. The zero-order chi connectivity index (χ0) is 17.0. The van der Waals surface area contributed by atoms with E-state index in [9.17, 15) is 9.50 Å². The molecule has 1 aliphatic rings. The summed E-state index contributed by atoms with van der Waals surface area (Å²) in [5.41, 5.74) is 0.0428. The molecule has 2 N–H and O–H groups in total. The van der Waals surface area contributed by atoms with E-state index in [4.69, 9.17) is 9.47 Å². The van der Waals surface area contributed by atoms with Gasteiger partial charge in [-0.3, -0.25) is 4.90 Å². The Bertz CT molecular complexity index is 537. The fraction of sp³-hybridized carbons (Fsp3) is 0.647. The highest BCUT2D eigenvalue weighted by molar-refractivity contribution is 5.85. The maximum atomic E-state index is 14.8. The normalized spacial score (nSPS) is 17.1. The standard InChI is InChI=1S/C17H27FN2O3.ClH/c1-17(2,11-21)16(20-7-5-19-6-8-20)12-9-14(22-3)15(23-4)10-13(12)18;/h9-10,16,19,21H,5-8,11H2,1-4H3;1H/t16-;/m1./s1. The number of rotatable bonds is 6. The molecule has 0 spiro atoms. The van der Waals surface area contributed by atoms with Crippen LogP contribution in [0.25, 0.3) is 0 Å². The Labute approximate surface area is 149 Å². The summed E-state index contributed by atoms with van der Waals surface area (Å²) < 4.78 is 25.3. The number of hydrogen-bond donors (Lipinski definition) is 2. The van der Waals surface area contributed by atoms with E-state index in [1.165, 1.54) is 20.3 Å². The Morgan fingerprint density at radius 3 is 2.25 bits per heavy atom. The van der Waals surface area contributed by atoms with Crippen LogP contribution in [0.3, 0.4) is 0 Å². The second kappa shape index (κ2) is 8.85. The molecule has 1 saturated heterocycles. The zero-order valence-electron chi connectivity index (χ0n) is 14.8. The fourth-order valence-corrected chi connectivity index (χ4v) is 3.22. The highest BCUT2D eigenvalue weighted by Gasteiger charge is 2.37. The second-order valence-corrected chi connectivity index (χ2v) is 6.56. The fourth-order valence-electron chi connectivity index (χ4n) is 3.22. The van der Waals surface area contributed by atoms with Crippen LogP contribution in [0.5, 0.6) is 11.5 Å². The van der Waals surface area contributed by atoms with Gasteiger partial charge < -0.3 is 19.9 Å². The van der Waals surface area contributed by atoms with Gasteiger partial charge >= 0.3 is 0 Å². The molecule has 5 nitrogen and oxygen atoms in total. The van der Waals surface area contributed by atoms with E-state index in [1.54, 1.807) is 6.07 Å². The predicted octanol–water partition coefficient (Wildman–Crippen LogP) is 2.23. The molecule has 0 radical (unpaired) electrons. The molecule has 0 bridgehead atoms. The van der Waals surface area contributed by atoms with Gasteiger partial charge in [-0.05, 0) is 6.07 Å². The van der Waals surface area contributed by atoms with Gasteiger partial charge in [0.05, 0.1) is 14.2 Å². The van der Waals surface area contributed by atoms with Crippen molar-refractivity contribution in [3.8, 4) is 11.5 Å². The van der Waals surface area contributed by atoms with E-state index in [2.05, 4.69) is 10.2 Å². The summed E-state index contributed by atoms with van der Waals surface area (Å²) in [5.74, 6) is 0.528. The Hall–Kier alpha value is -1.08. The number of nitrogens with zero attached hydrogens (tertiary/aromatic N) is 1. The average molecular weight is 363 g/mol. The first-order valence-corrected chi connectivity index (χ1v) is 7.91. The molecule has 2 rings (SSSR count). The van der Waals surface area contributed by atoms with E-state index >= 15 is 0 Å². The first-order valence-electron chi connectivity index (χ1n) is 7.91. The first-order chi connectivity index (χ1) is 10.9. The van der Waals surface area contributed by atoms with Crippen molar-refractivity contribution in [2.45, 2.75) is 19.9 Å². The molecule has 0 amide bonds. The number of halogens is 2. The highest BCUT2D eigenvalue weighted by Crippen LogP contribution is 2.42. The van der Waals surface area contributed by atoms with E-state index in [-0.39, 0.29) is 30.9 Å². The maximum absolute atomic E-state index is 14.8. The van der Waals surface area contributed by atoms with Crippen molar-refractivity contribution in [3.63, 3.8) is 0 Å². The summed E-state index contributed by atoms with van der Waals surface area (Å²) in [6, 6.07) is 2.81. The van der Waals surface area contributed by atoms with Crippen molar-refractivity contribution in [2.75, 3.05) is 47.0 Å². The van der Waals surface area contributed by atoms with Gasteiger partial charge in [-0.2, -0.15) is 0 Å². The summed E-state index contributed by atoms with van der Waals surface area (Å²) in [7, 11) is 3.03. The number of aliphatic hydroxyl groups excluding tert-OH is 1. The molecule has 1 aromatic rings. The van der Waals surface area contributed by atoms with Crippen molar-refractivity contribution in [1.29, 1.82) is 0 Å². The van der Waals surface area contributed by atoms with Crippen LogP contribution in [0.4, 0.5) is 4.39 Å². The van der Waals surface area contributed by atoms with Crippen LogP contribution >= 0.6 is 12.4 Å². The number of nitrogens with one attached hydrogen (secondary N) is 1. The van der Waals surface area contributed by atoms with Gasteiger partial charge in [-0.25, -0.2) is 4.39 Å². The van der Waals surface area contributed by atoms with E-state index < -0.39 is 5.41 Å². The summed E-state index contributed by atoms with van der Waals surface area (Å²) in [4.78, 5) is 2.22. The quantitative estimate of drug-likeness (QED) is 0.812. The molecule has 1 fully saturated rings. The van der Waals surface area contributed by atoms with Crippen LogP contribution in [-0.2, 0) is 0 Å². The van der Waals surface area contributed by atoms with Crippen molar-refractivity contribution in [1.82, 2.24) is 10.2 Å². The van der Waals surface area contributed by atoms with Crippen molar-refractivity contribution in [3.05, 3.63) is 23.5 Å². The van der Waals surface area contributed by atoms with Gasteiger partial charge in [-0.15, -0.1) is 12.4 Å². The van der Waals surface area contributed by atoms with Gasteiger partial charge in [0.25, 0.3) is 0 Å². The third-order valence-corrected chi connectivity index (χ3v) is 4.46. The summed E-state index contributed by atoms with van der Waals surface area (Å²) in [5, 5.41) is 13.2. The van der Waals surface area contributed by atoms with Gasteiger partial charge in [0.1, 0.15) is 5.82 Å². The summed E-state index contributed by atoms with van der Waals surface area (Å²) >= 11 is 0. The lowest BCUT2D eigenvalue weighted by atomic mass is 9.79. The summed E-state index contributed by atoms with van der Waals surface area (Å²) in [6.07, 6.45) is 0. The third kappa shape index (κ3) is 4.30. The monoisotopic (exact) mass is 362 g/mol. The lowest BCUT2D eigenvalue weighted by Gasteiger charge is -2.43. The molecular formula is C17H28ClFN2O3. The molecule has 24 heavy (non-hydrogen) atoms. The zero-order valence-corrected chi connectivity index (χ0v) is 15.6. The molecule has 1 aromatic carbocycles. The minimum atomic E-state index is -0.488. The van der Waals surface area contributed by atoms with E-state index in [0.29, 0.717) is 17.1 Å². The molecule has 7 heteroatoms. The van der Waals surface area contributed by atoms with Crippen molar-refractivity contribution in [2.24, 2.45) is 5.41 Å². The number of piperazine rings is 1. The lowest BCUT2D eigenvalue weighted by Crippen LogP contribution is -2.49. The van der Waals surface area contributed by atoms with Crippen LogP contribution in [0, 0.1) is 11.2 Å². The van der Waals surface area contributed by atoms with Crippen LogP contribution in [-0.4, -0.2) is 57.0 Å². The molecule has 1 aliphatic heterocycles. The van der Waals surface area contributed by atoms with Crippen LogP contribution in [0.15, 0.2) is 12.1 Å². The third-order valence-electron chi connectivity index (χ3n) is 4.46. The number of benzene rings is 1. The van der Waals surface area contributed by atoms with Crippen LogP contribution < -0.4 is 14.8 Å². The molecule has 1 heterocycles. The Morgan fingerprint density at radius 1 is 1.21 bits per heavy atom. The average Bonchev–Trinajstić information content (AvgIpc) is 2.57. The lowest BCUT2D eigenvalue weighted by molar-refractivity contribution is 0.0285. The smallest absolute Gasteiger partial charge is 0.163 e. The largest absolute Gasteiger partial charge is 0.493 e. The minimum Gasteiger partial charge on any atom is -0.493 e. The van der Waals surface area contributed by atoms with Crippen molar-refractivity contribution < 1.29 is 19.0 Å². The first kappa shape index (κ1) is 21.0. The molecular weight excluding hydrogens is 335 g/mol. The molecule has 0 saturated carbocycles. The topological polar surface area (TPSA) is 54.0 Å². The van der Waals surface area contributed by atoms with Gasteiger partial charge in [0.2, 0.25) is 0 Å². The minimum absolute atomic E-state index is 0. The SMILES string of the molecule is COc1cc(F)c([C@@H](N2CCNCC2)C(C)(C)CO)cc1OC.Cl. The van der Waals surface area contributed by atoms with Crippen molar-refractivity contribution >= 4 is 12.4 Å². The Kier molecular flexibility index (Phi) is 7.73. The van der Waals surface area contributed by atoms with E-state index in [1.807, 2.05) is 13.8 Å².